The summed E-state index contributed by atoms with van der Waals surface area (Å²) in [6, 6.07) is 0. The van der Waals surface area contributed by atoms with Crippen LogP contribution >= 0.6 is 0 Å². The van der Waals surface area contributed by atoms with Crippen LogP contribution in [-0.2, 0) is 14.3 Å². The smallest absolute Gasteiger partial charge is 0.411 e. The second-order valence-corrected chi connectivity index (χ2v) is 2.58. The molecule has 1 aliphatic heterocycles. The number of cyclic esters (lactones) is 1. The lowest BCUT2D eigenvalue weighted by atomic mass is 10.3. The third kappa shape index (κ3) is 2.21. The van der Waals surface area contributed by atoms with E-state index in [0.29, 0.717) is 5.57 Å². The summed E-state index contributed by atoms with van der Waals surface area (Å²) in [7, 11) is 0. The van der Waals surface area contributed by atoms with Crippen LogP contribution in [0, 0.1) is 0 Å². The number of amides is 1. The van der Waals surface area contributed by atoms with E-state index in [9.17, 15) is 9.59 Å². The molecule has 5 heteroatoms. The van der Waals surface area contributed by atoms with Crippen molar-refractivity contribution in [3.8, 4) is 0 Å². The highest BCUT2D eigenvalue weighted by atomic mass is 16.6. The number of hydrogen-bond acceptors (Lipinski definition) is 4. The van der Waals surface area contributed by atoms with Crippen LogP contribution in [0.2, 0.25) is 0 Å². The van der Waals surface area contributed by atoms with Crippen molar-refractivity contribution < 1.29 is 19.1 Å². The molecule has 0 saturated heterocycles. The molecule has 0 aliphatic carbocycles. The zero-order valence-electron chi connectivity index (χ0n) is 7.55. The topological polar surface area (TPSA) is 64.6 Å². The normalized spacial score (nSPS) is 15.7. The summed E-state index contributed by atoms with van der Waals surface area (Å²) in [5.41, 5.74) is 0.900. The highest BCUT2D eigenvalue weighted by Gasteiger charge is 2.23. The molecule has 13 heavy (non-hydrogen) atoms. The zero-order valence-corrected chi connectivity index (χ0v) is 7.55. The Balaban J connectivity index is 2.57. The summed E-state index contributed by atoms with van der Waals surface area (Å²) in [6.45, 7) is 3.91. The first-order valence-electron chi connectivity index (χ1n) is 3.95. The number of carbonyl (C=O) groups is 2. The molecule has 1 heterocycles. The quantitative estimate of drug-likeness (QED) is 0.638. The van der Waals surface area contributed by atoms with Gasteiger partial charge in [-0.05, 0) is 19.4 Å². The van der Waals surface area contributed by atoms with Gasteiger partial charge >= 0.3 is 12.1 Å². The van der Waals surface area contributed by atoms with Crippen LogP contribution in [0.25, 0.3) is 0 Å². The Hall–Kier alpha value is -1.52. The fourth-order valence-electron chi connectivity index (χ4n) is 0.919. The summed E-state index contributed by atoms with van der Waals surface area (Å²) in [6.07, 6.45) is -0.629. The monoisotopic (exact) mass is 185 g/mol. The molecule has 1 aliphatic rings. The molecule has 0 aromatic rings. The van der Waals surface area contributed by atoms with Gasteiger partial charge in [0.15, 0.2) is 0 Å². The first-order chi connectivity index (χ1) is 6.15. The van der Waals surface area contributed by atoms with Crippen molar-refractivity contribution in [2.75, 3.05) is 13.2 Å². The van der Waals surface area contributed by atoms with Crippen molar-refractivity contribution in [1.82, 2.24) is 5.32 Å². The van der Waals surface area contributed by atoms with Crippen LogP contribution < -0.4 is 5.32 Å². The summed E-state index contributed by atoms with van der Waals surface area (Å²) in [4.78, 5) is 21.9. The molecule has 72 valence electrons. The van der Waals surface area contributed by atoms with Gasteiger partial charge in [-0.1, -0.05) is 0 Å². The highest BCUT2D eigenvalue weighted by Crippen LogP contribution is 2.11. The summed E-state index contributed by atoms with van der Waals surface area (Å²) in [5.74, 6) is -0.509. The number of esters is 1. The fourth-order valence-corrected chi connectivity index (χ4v) is 0.919. The van der Waals surface area contributed by atoms with E-state index in [-0.39, 0.29) is 18.9 Å². The molecule has 0 fully saturated rings. The van der Waals surface area contributed by atoms with Gasteiger partial charge in [0.1, 0.15) is 12.3 Å². The van der Waals surface area contributed by atoms with E-state index in [1.165, 1.54) is 0 Å². The van der Waals surface area contributed by atoms with Crippen LogP contribution in [0.3, 0.4) is 0 Å². The van der Waals surface area contributed by atoms with Crippen LogP contribution in [-0.4, -0.2) is 25.3 Å². The van der Waals surface area contributed by atoms with E-state index in [4.69, 9.17) is 0 Å². The number of ether oxygens (including phenoxy) is 2. The average molecular weight is 185 g/mol. The lowest BCUT2D eigenvalue weighted by Gasteiger charge is -2.03. The van der Waals surface area contributed by atoms with Crippen molar-refractivity contribution in [2.24, 2.45) is 0 Å². The summed E-state index contributed by atoms with van der Waals surface area (Å²) >= 11 is 0. The van der Waals surface area contributed by atoms with Gasteiger partial charge in [-0.3, -0.25) is 5.32 Å². The van der Waals surface area contributed by atoms with Crippen LogP contribution in [0.5, 0.6) is 0 Å². The maximum atomic E-state index is 11.0. The Morgan fingerprint density at radius 2 is 2.38 bits per heavy atom. The van der Waals surface area contributed by atoms with Gasteiger partial charge in [0.05, 0.1) is 6.61 Å². The van der Waals surface area contributed by atoms with Crippen molar-refractivity contribution in [3.63, 3.8) is 0 Å². The van der Waals surface area contributed by atoms with E-state index in [2.05, 4.69) is 14.8 Å². The summed E-state index contributed by atoms with van der Waals surface area (Å²) < 4.78 is 9.28. The lowest BCUT2D eigenvalue weighted by Crippen LogP contribution is -2.27. The molecule has 0 aromatic heterocycles. The summed E-state index contributed by atoms with van der Waals surface area (Å²) in [5, 5.41) is 2.32. The number of nitrogens with one attached hydrogen (secondary N) is 1. The Morgan fingerprint density at radius 1 is 1.69 bits per heavy atom. The molecule has 0 unspecified atom stereocenters. The van der Waals surface area contributed by atoms with Crippen molar-refractivity contribution in [3.05, 3.63) is 11.3 Å². The fraction of sp³-hybridized carbons (Fsp3) is 0.500. The van der Waals surface area contributed by atoms with E-state index in [1.807, 2.05) is 0 Å². The Bertz CT molecular complexity index is 269. The van der Waals surface area contributed by atoms with Crippen LogP contribution in [0.15, 0.2) is 11.3 Å². The maximum Gasteiger partial charge on any atom is 0.411 e. The molecule has 0 bridgehead atoms. The van der Waals surface area contributed by atoms with E-state index >= 15 is 0 Å². The van der Waals surface area contributed by atoms with Gasteiger partial charge in [-0.25, -0.2) is 9.59 Å². The van der Waals surface area contributed by atoms with Crippen molar-refractivity contribution in [2.45, 2.75) is 13.8 Å². The number of carbonyl (C=O) groups excluding carboxylic acids is 2. The molecule has 0 radical (unpaired) electrons. The largest absolute Gasteiger partial charge is 0.456 e. The minimum absolute atomic E-state index is 0.193. The molecule has 1 rings (SSSR count). The van der Waals surface area contributed by atoms with Gasteiger partial charge in [0.2, 0.25) is 0 Å². The Labute approximate surface area is 75.7 Å². The third-order valence-electron chi connectivity index (χ3n) is 1.55. The third-order valence-corrected chi connectivity index (χ3v) is 1.55. The van der Waals surface area contributed by atoms with Crippen LogP contribution in [0.4, 0.5) is 4.79 Å². The SMILES string of the molecule is CCOC(=O)NC1=C(C)COC1=O. The average Bonchev–Trinajstić information content (AvgIpc) is 2.36. The van der Waals surface area contributed by atoms with E-state index < -0.39 is 12.1 Å². The predicted octanol–water partition coefficient (Wildman–Crippen LogP) is 0.563. The number of alkyl carbamates (subject to hydrolysis) is 1. The minimum atomic E-state index is -0.629. The van der Waals surface area contributed by atoms with Gasteiger partial charge in [-0.2, -0.15) is 0 Å². The molecule has 0 aromatic carbocycles. The highest BCUT2D eigenvalue weighted by molar-refractivity contribution is 5.94. The van der Waals surface area contributed by atoms with Crippen molar-refractivity contribution in [1.29, 1.82) is 0 Å². The second-order valence-electron chi connectivity index (χ2n) is 2.58. The minimum Gasteiger partial charge on any atom is -0.456 e. The molecule has 0 saturated carbocycles. The lowest BCUT2D eigenvalue weighted by molar-refractivity contribution is -0.136. The van der Waals surface area contributed by atoms with E-state index in [1.54, 1.807) is 13.8 Å². The molecule has 0 atom stereocenters. The van der Waals surface area contributed by atoms with Gasteiger partial charge < -0.3 is 9.47 Å². The number of hydrogen-bond donors (Lipinski definition) is 1. The maximum absolute atomic E-state index is 11.0. The molecular formula is C8H11NO4. The molecule has 0 spiro atoms. The van der Waals surface area contributed by atoms with Crippen molar-refractivity contribution >= 4 is 12.1 Å². The molecule has 1 amide bonds. The standard InChI is InChI=1S/C8H11NO4/c1-3-12-8(11)9-6-5(2)4-13-7(6)10/h3-4H2,1-2H3,(H,9,11). The number of rotatable bonds is 2. The molecular weight excluding hydrogens is 174 g/mol. The van der Waals surface area contributed by atoms with Gasteiger partial charge in [-0.15, -0.1) is 0 Å². The van der Waals surface area contributed by atoms with Crippen LogP contribution in [0.1, 0.15) is 13.8 Å². The first kappa shape index (κ1) is 9.57. The second kappa shape index (κ2) is 3.93. The zero-order chi connectivity index (χ0) is 9.84. The Morgan fingerprint density at radius 3 is 2.85 bits per heavy atom. The predicted molar refractivity (Wildman–Crippen MR) is 43.8 cm³/mol. The molecule has 5 nitrogen and oxygen atoms in total. The molecule has 1 N–H and O–H groups in total. The Kier molecular flexibility index (Phi) is 2.89. The first-order valence-corrected chi connectivity index (χ1v) is 3.95. The van der Waals surface area contributed by atoms with Gasteiger partial charge in [0, 0.05) is 0 Å². The van der Waals surface area contributed by atoms with E-state index in [0.717, 1.165) is 0 Å². The van der Waals surface area contributed by atoms with Gasteiger partial charge in [0.25, 0.3) is 0 Å².